The summed E-state index contributed by atoms with van der Waals surface area (Å²) in [7, 11) is 2.91. The first-order valence-corrected chi connectivity index (χ1v) is 6.04. The van der Waals surface area contributed by atoms with Gasteiger partial charge in [0.15, 0.2) is 0 Å². The second-order valence-electron chi connectivity index (χ2n) is 3.49. The van der Waals surface area contributed by atoms with Gasteiger partial charge >= 0.3 is 5.97 Å². The number of carbonyl (C=O) groups excluding carboxylic acids is 1. The maximum Gasteiger partial charge on any atom is 0.349 e. The molecule has 6 heteroatoms. The normalized spacial score (nSPS) is 10.2. The summed E-state index contributed by atoms with van der Waals surface area (Å²) in [4.78, 5) is 20.6. The van der Waals surface area contributed by atoms with Crippen molar-refractivity contribution in [2.75, 3.05) is 14.2 Å². The lowest BCUT2D eigenvalue weighted by Crippen LogP contribution is -1.99. The van der Waals surface area contributed by atoms with E-state index in [1.165, 1.54) is 18.4 Å². The molecule has 2 heterocycles. The van der Waals surface area contributed by atoms with Crippen LogP contribution in [0.5, 0.6) is 5.88 Å². The average molecular weight is 264 g/mol. The Morgan fingerprint density at radius 1 is 1.28 bits per heavy atom. The summed E-state index contributed by atoms with van der Waals surface area (Å²) in [5, 5.41) is 0.673. The standard InChI is InChI=1S/C12H12N2O3S/c1-7-10(12(15)17-3)18-11(13-7)8-5-4-6-9(14-8)16-2/h4-6H,1-3H3. The van der Waals surface area contributed by atoms with Gasteiger partial charge < -0.3 is 9.47 Å². The molecule has 0 saturated heterocycles. The molecular formula is C12H12N2O3S. The zero-order valence-corrected chi connectivity index (χ0v) is 11.1. The molecule has 0 fully saturated rings. The van der Waals surface area contributed by atoms with Crippen LogP contribution in [-0.2, 0) is 4.74 Å². The van der Waals surface area contributed by atoms with E-state index in [1.54, 1.807) is 20.1 Å². The molecule has 0 spiro atoms. The minimum absolute atomic E-state index is 0.376. The lowest BCUT2D eigenvalue weighted by atomic mass is 10.3. The van der Waals surface area contributed by atoms with E-state index in [-0.39, 0.29) is 5.97 Å². The molecule has 0 aromatic carbocycles. The van der Waals surface area contributed by atoms with E-state index in [4.69, 9.17) is 9.47 Å². The minimum Gasteiger partial charge on any atom is -0.481 e. The van der Waals surface area contributed by atoms with Crippen molar-refractivity contribution in [1.29, 1.82) is 0 Å². The molecule has 0 saturated carbocycles. The fourth-order valence-electron chi connectivity index (χ4n) is 1.44. The van der Waals surface area contributed by atoms with E-state index in [1.807, 2.05) is 12.1 Å². The molecule has 2 aromatic heterocycles. The predicted octanol–water partition coefficient (Wildman–Crippen LogP) is 2.31. The van der Waals surface area contributed by atoms with Crippen molar-refractivity contribution in [2.24, 2.45) is 0 Å². The molecule has 0 atom stereocenters. The van der Waals surface area contributed by atoms with Crippen LogP contribution in [0.15, 0.2) is 18.2 Å². The summed E-state index contributed by atoms with van der Waals surface area (Å²) in [5.74, 6) is 0.138. The Morgan fingerprint density at radius 2 is 2.06 bits per heavy atom. The lowest BCUT2D eigenvalue weighted by Gasteiger charge is -1.99. The van der Waals surface area contributed by atoms with Crippen LogP contribution in [-0.4, -0.2) is 30.2 Å². The zero-order valence-electron chi connectivity index (χ0n) is 10.3. The molecule has 0 bridgehead atoms. The highest BCUT2D eigenvalue weighted by atomic mass is 32.1. The molecule has 0 N–H and O–H groups in total. The number of thiazole rings is 1. The SMILES string of the molecule is COC(=O)c1sc(-c2cccc(OC)n2)nc1C. The molecule has 0 unspecified atom stereocenters. The van der Waals surface area contributed by atoms with E-state index in [9.17, 15) is 4.79 Å². The quantitative estimate of drug-likeness (QED) is 0.796. The zero-order chi connectivity index (χ0) is 13.1. The summed E-state index contributed by atoms with van der Waals surface area (Å²) < 4.78 is 9.75. The van der Waals surface area contributed by atoms with Gasteiger partial charge in [0.25, 0.3) is 0 Å². The average Bonchev–Trinajstić information content (AvgIpc) is 2.80. The molecule has 5 nitrogen and oxygen atoms in total. The van der Waals surface area contributed by atoms with Crippen LogP contribution in [0.2, 0.25) is 0 Å². The largest absolute Gasteiger partial charge is 0.481 e. The van der Waals surface area contributed by atoms with Gasteiger partial charge in [0.2, 0.25) is 5.88 Å². The Kier molecular flexibility index (Phi) is 3.57. The summed E-state index contributed by atoms with van der Waals surface area (Å²) >= 11 is 1.26. The molecule has 0 radical (unpaired) electrons. The topological polar surface area (TPSA) is 61.3 Å². The third kappa shape index (κ3) is 2.33. The number of carbonyl (C=O) groups is 1. The number of ether oxygens (including phenoxy) is 2. The van der Waals surface area contributed by atoms with Crippen molar-refractivity contribution in [2.45, 2.75) is 6.92 Å². The predicted molar refractivity (Wildman–Crippen MR) is 68.0 cm³/mol. The van der Waals surface area contributed by atoms with Crippen LogP contribution < -0.4 is 4.74 Å². The maximum absolute atomic E-state index is 11.5. The second kappa shape index (κ2) is 5.14. The van der Waals surface area contributed by atoms with Gasteiger partial charge in [-0.15, -0.1) is 11.3 Å². The van der Waals surface area contributed by atoms with Gasteiger partial charge in [0.1, 0.15) is 15.6 Å². The van der Waals surface area contributed by atoms with Crippen LogP contribution >= 0.6 is 11.3 Å². The Balaban J connectivity index is 2.42. The second-order valence-corrected chi connectivity index (χ2v) is 4.49. The third-order valence-electron chi connectivity index (χ3n) is 2.32. The smallest absolute Gasteiger partial charge is 0.349 e. The van der Waals surface area contributed by atoms with E-state index in [0.717, 1.165) is 0 Å². The molecule has 0 aliphatic rings. The molecule has 2 rings (SSSR count). The van der Waals surface area contributed by atoms with Crippen molar-refractivity contribution in [3.8, 4) is 16.6 Å². The summed E-state index contributed by atoms with van der Waals surface area (Å²) in [6.45, 7) is 1.77. The first-order chi connectivity index (χ1) is 8.65. The first kappa shape index (κ1) is 12.5. The minimum atomic E-state index is -0.376. The van der Waals surface area contributed by atoms with Gasteiger partial charge in [0, 0.05) is 6.07 Å². The highest BCUT2D eigenvalue weighted by Crippen LogP contribution is 2.28. The van der Waals surface area contributed by atoms with E-state index in [0.29, 0.717) is 27.2 Å². The molecule has 94 valence electrons. The fourth-order valence-corrected chi connectivity index (χ4v) is 2.39. The molecule has 0 aliphatic heterocycles. The number of hydrogen-bond acceptors (Lipinski definition) is 6. The number of aryl methyl sites for hydroxylation is 1. The van der Waals surface area contributed by atoms with Gasteiger partial charge in [-0.25, -0.2) is 14.8 Å². The van der Waals surface area contributed by atoms with E-state index < -0.39 is 0 Å². The van der Waals surface area contributed by atoms with Gasteiger partial charge in [-0.05, 0) is 13.0 Å². The molecule has 2 aromatic rings. The number of nitrogens with zero attached hydrogens (tertiary/aromatic N) is 2. The number of hydrogen-bond donors (Lipinski definition) is 0. The first-order valence-electron chi connectivity index (χ1n) is 5.23. The highest BCUT2D eigenvalue weighted by Gasteiger charge is 2.17. The number of methoxy groups -OCH3 is 2. The summed E-state index contributed by atoms with van der Waals surface area (Å²) in [5.41, 5.74) is 1.32. The van der Waals surface area contributed by atoms with Crippen LogP contribution in [0.3, 0.4) is 0 Å². The van der Waals surface area contributed by atoms with Crippen molar-refractivity contribution in [1.82, 2.24) is 9.97 Å². The maximum atomic E-state index is 11.5. The van der Waals surface area contributed by atoms with Crippen LogP contribution in [0.25, 0.3) is 10.7 Å². The van der Waals surface area contributed by atoms with Crippen LogP contribution in [0.1, 0.15) is 15.4 Å². The third-order valence-corrected chi connectivity index (χ3v) is 3.48. The Bertz CT molecular complexity index is 580. The van der Waals surface area contributed by atoms with Gasteiger partial charge in [-0.3, -0.25) is 0 Å². The number of esters is 1. The number of pyridine rings is 1. The van der Waals surface area contributed by atoms with Crippen molar-refractivity contribution >= 4 is 17.3 Å². The Labute approximate surface area is 108 Å². The Hall–Kier alpha value is -1.95. The van der Waals surface area contributed by atoms with Crippen molar-refractivity contribution in [3.05, 3.63) is 28.8 Å². The summed E-state index contributed by atoms with van der Waals surface area (Å²) in [6, 6.07) is 5.41. The monoisotopic (exact) mass is 264 g/mol. The Morgan fingerprint density at radius 3 is 2.72 bits per heavy atom. The number of aromatic nitrogens is 2. The van der Waals surface area contributed by atoms with Gasteiger partial charge in [-0.2, -0.15) is 0 Å². The van der Waals surface area contributed by atoms with Gasteiger partial charge in [-0.1, -0.05) is 6.07 Å². The highest BCUT2D eigenvalue weighted by molar-refractivity contribution is 7.17. The van der Waals surface area contributed by atoms with Crippen molar-refractivity contribution < 1.29 is 14.3 Å². The van der Waals surface area contributed by atoms with Gasteiger partial charge in [0.05, 0.1) is 19.9 Å². The molecule has 0 amide bonds. The number of rotatable bonds is 3. The van der Waals surface area contributed by atoms with E-state index in [2.05, 4.69) is 9.97 Å². The lowest BCUT2D eigenvalue weighted by molar-refractivity contribution is 0.0605. The molecule has 0 aliphatic carbocycles. The summed E-state index contributed by atoms with van der Waals surface area (Å²) in [6.07, 6.45) is 0. The fraction of sp³-hybridized carbons (Fsp3) is 0.250. The van der Waals surface area contributed by atoms with Crippen LogP contribution in [0.4, 0.5) is 0 Å². The van der Waals surface area contributed by atoms with Crippen molar-refractivity contribution in [3.63, 3.8) is 0 Å². The molecular weight excluding hydrogens is 252 g/mol. The molecule has 18 heavy (non-hydrogen) atoms. The van der Waals surface area contributed by atoms with E-state index >= 15 is 0 Å². The van der Waals surface area contributed by atoms with Crippen LogP contribution in [0, 0.1) is 6.92 Å².